The Balaban J connectivity index is 2.01. The van der Waals surface area contributed by atoms with Crippen molar-refractivity contribution in [2.45, 2.75) is 58.7 Å². The van der Waals surface area contributed by atoms with Crippen molar-refractivity contribution in [3.8, 4) is 0 Å². The van der Waals surface area contributed by atoms with Crippen molar-refractivity contribution in [1.29, 1.82) is 0 Å². The van der Waals surface area contributed by atoms with Gasteiger partial charge in [-0.25, -0.2) is 0 Å². The number of rotatable bonds is 3. The van der Waals surface area contributed by atoms with E-state index in [1.807, 2.05) is 12.4 Å². The second-order valence-electron chi connectivity index (χ2n) is 7.12. The minimum absolute atomic E-state index is 0.308. The molecule has 1 aromatic heterocycles. The largest absolute Gasteiger partial charge is 0.494 e. The summed E-state index contributed by atoms with van der Waals surface area (Å²) in [6.45, 7) is 10.5. The van der Waals surface area contributed by atoms with Crippen LogP contribution >= 0.6 is 0 Å². The molecule has 0 atom stereocenters. The summed E-state index contributed by atoms with van der Waals surface area (Å²) in [5.41, 5.74) is 1.75. The first kappa shape index (κ1) is 15.5. The van der Waals surface area contributed by atoms with E-state index in [-0.39, 0.29) is 18.3 Å². The van der Waals surface area contributed by atoms with Crippen molar-refractivity contribution < 1.29 is 9.31 Å². The van der Waals surface area contributed by atoms with Crippen LogP contribution in [-0.4, -0.2) is 23.3 Å². The second kappa shape index (κ2) is 5.36. The Kier molecular flexibility index (Phi) is 3.78. The highest BCUT2D eigenvalue weighted by Crippen LogP contribution is 2.36. The molecule has 0 saturated carbocycles. The van der Waals surface area contributed by atoms with Crippen LogP contribution in [0.1, 0.15) is 46.6 Å². The van der Waals surface area contributed by atoms with Crippen LogP contribution < -0.4 is 5.46 Å². The lowest BCUT2D eigenvalue weighted by molar-refractivity contribution is 0.00578. The zero-order chi connectivity index (χ0) is 16.0. The van der Waals surface area contributed by atoms with E-state index in [0.717, 1.165) is 18.3 Å². The highest BCUT2D eigenvalue weighted by atomic mass is 16.7. The van der Waals surface area contributed by atoms with Gasteiger partial charge in [0.25, 0.3) is 0 Å². The van der Waals surface area contributed by atoms with E-state index in [0.29, 0.717) is 0 Å². The molecule has 1 aliphatic rings. The topological polar surface area (TPSA) is 31.4 Å². The van der Waals surface area contributed by atoms with Gasteiger partial charge in [-0.1, -0.05) is 31.5 Å². The van der Waals surface area contributed by atoms with Gasteiger partial charge >= 0.3 is 7.12 Å². The molecule has 0 amide bonds. The zero-order valence-electron chi connectivity index (χ0n) is 14.1. The molecule has 4 heteroatoms. The molecule has 116 valence electrons. The van der Waals surface area contributed by atoms with Crippen LogP contribution in [0.3, 0.4) is 0 Å². The molecule has 0 radical (unpaired) electrons. The van der Waals surface area contributed by atoms with E-state index < -0.39 is 0 Å². The third kappa shape index (κ3) is 2.55. The number of hydrogen-bond donors (Lipinski definition) is 0. The van der Waals surface area contributed by atoms with Crippen LogP contribution in [0.25, 0.3) is 10.8 Å². The predicted octanol–water partition coefficient (Wildman–Crippen LogP) is 3.49. The Morgan fingerprint density at radius 3 is 2.36 bits per heavy atom. The Hall–Kier alpha value is -1.39. The lowest BCUT2D eigenvalue weighted by Gasteiger charge is -2.32. The first-order chi connectivity index (χ1) is 10.3. The standard InChI is InChI=1S/C18H24BNO2/c1-6-7-13-11-20-12-14-8-9-15(10-16(13)14)19-21-17(2,3)18(4,5)22-19/h8-12H,6-7H2,1-5H3. The van der Waals surface area contributed by atoms with Gasteiger partial charge in [0.05, 0.1) is 11.2 Å². The molecule has 0 unspecified atom stereocenters. The van der Waals surface area contributed by atoms with Crippen molar-refractivity contribution in [2.75, 3.05) is 0 Å². The SMILES string of the molecule is CCCc1cncc2ccc(B3OC(C)(C)C(C)(C)O3)cc12. The Labute approximate surface area is 133 Å². The zero-order valence-corrected chi connectivity index (χ0v) is 14.1. The first-order valence-electron chi connectivity index (χ1n) is 8.06. The number of benzene rings is 1. The maximum absolute atomic E-state index is 6.16. The average Bonchev–Trinajstić information content (AvgIpc) is 2.68. The Morgan fingerprint density at radius 2 is 1.73 bits per heavy atom. The molecular formula is C18H24BNO2. The summed E-state index contributed by atoms with van der Waals surface area (Å²) >= 11 is 0. The molecule has 1 saturated heterocycles. The second-order valence-corrected chi connectivity index (χ2v) is 7.12. The van der Waals surface area contributed by atoms with Crippen molar-refractivity contribution in [3.05, 3.63) is 36.2 Å². The highest BCUT2D eigenvalue weighted by molar-refractivity contribution is 6.62. The van der Waals surface area contributed by atoms with E-state index in [9.17, 15) is 0 Å². The average molecular weight is 297 g/mol. The van der Waals surface area contributed by atoms with Crippen LogP contribution in [0.15, 0.2) is 30.6 Å². The molecule has 1 fully saturated rings. The van der Waals surface area contributed by atoms with Crippen LogP contribution in [0.2, 0.25) is 0 Å². The number of nitrogens with zero attached hydrogens (tertiary/aromatic N) is 1. The quantitative estimate of drug-likeness (QED) is 0.813. The Bertz CT molecular complexity index is 681. The van der Waals surface area contributed by atoms with Crippen LogP contribution in [0.5, 0.6) is 0 Å². The minimum atomic E-state index is -0.308. The maximum Gasteiger partial charge on any atom is 0.494 e. The van der Waals surface area contributed by atoms with E-state index in [2.05, 4.69) is 57.8 Å². The monoisotopic (exact) mass is 297 g/mol. The molecule has 0 N–H and O–H groups in total. The summed E-state index contributed by atoms with van der Waals surface area (Å²) < 4.78 is 12.3. The van der Waals surface area contributed by atoms with E-state index in [1.54, 1.807) is 0 Å². The third-order valence-corrected chi connectivity index (χ3v) is 4.91. The van der Waals surface area contributed by atoms with Gasteiger partial charge in [-0.05, 0) is 50.5 Å². The molecule has 2 heterocycles. The molecule has 3 nitrogen and oxygen atoms in total. The smallest absolute Gasteiger partial charge is 0.399 e. The number of fused-ring (bicyclic) bond motifs is 1. The number of aromatic nitrogens is 1. The Morgan fingerprint density at radius 1 is 1.05 bits per heavy atom. The van der Waals surface area contributed by atoms with Gasteiger partial charge in [0.15, 0.2) is 0 Å². The molecule has 22 heavy (non-hydrogen) atoms. The normalized spacial score (nSPS) is 19.8. The molecule has 2 aromatic rings. The molecule has 0 spiro atoms. The molecule has 1 aromatic carbocycles. The molecular weight excluding hydrogens is 273 g/mol. The van der Waals surface area contributed by atoms with Crippen LogP contribution in [0.4, 0.5) is 0 Å². The fourth-order valence-corrected chi connectivity index (χ4v) is 2.84. The molecule has 3 rings (SSSR count). The fraction of sp³-hybridized carbons (Fsp3) is 0.500. The first-order valence-corrected chi connectivity index (χ1v) is 8.06. The van der Waals surface area contributed by atoms with E-state index in [4.69, 9.17) is 9.31 Å². The molecule has 1 aliphatic heterocycles. The summed E-state index contributed by atoms with van der Waals surface area (Å²) in [5, 5.41) is 2.43. The molecule has 0 bridgehead atoms. The summed E-state index contributed by atoms with van der Waals surface area (Å²) in [4.78, 5) is 4.34. The van der Waals surface area contributed by atoms with Crippen molar-refractivity contribution in [2.24, 2.45) is 0 Å². The summed E-state index contributed by atoms with van der Waals surface area (Å²) in [6.07, 6.45) is 6.04. The lowest BCUT2D eigenvalue weighted by Crippen LogP contribution is -2.41. The summed E-state index contributed by atoms with van der Waals surface area (Å²) in [5.74, 6) is 0. The van der Waals surface area contributed by atoms with Crippen LogP contribution in [0, 0.1) is 0 Å². The number of aryl methyl sites for hydroxylation is 1. The number of pyridine rings is 1. The minimum Gasteiger partial charge on any atom is -0.399 e. The van der Waals surface area contributed by atoms with E-state index >= 15 is 0 Å². The van der Waals surface area contributed by atoms with Gasteiger partial charge < -0.3 is 9.31 Å². The predicted molar refractivity (Wildman–Crippen MR) is 91.5 cm³/mol. The molecule has 0 aliphatic carbocycles. The highest BCUT2D eigenvalue weighted by Gasteiger charge is 2.51. The maximum atomic E-state index is 6.16. The fourth-order valence-electron chi connectivity index (χ4n) is 2.84. The summed E-state index contributed by atoms with van der Waals surface area (Å²) in [6, 6.07) is 6.40. The van der Waals surface area contributed by atoms with Crippen molar-refractivity contribution in [1.82, 2.24) is 4.98 Å². The van der Waals surface area contributed by atoms with E-state index in [1.165, 1.54) is 16.3 Å². The van der Waals surface area contributed by atoms with Gasteiger partial charge in [0, 0.05) is 17.8 Å². The van der Waals surface area contributed by atoms with Gasteiger partial charge in [-0.3, -0.25) is 4.98 Å². The third-order valence-electron chi connectivity index (χ3n) is 4.91. The van der Waals surface area contributed by atoms with Gasteiger partial charge in [0.1, 0.15) is 0 Å². The van der Waals surface area contributed by atoms with Gasteiger partial charge in [-0.15, -0.1) is 0 Å². The van der Waals surface area contributed by atoms with Gasteiger partial charge in [0.2, 0.25) is 0 Å². The van der Waals surface area contributed by atoms with Crippen molar-refractivity contribution >= 4 is 23.4 Å². The number of hydrogen-bond acceptors (Lipinski definition) is 3. The van der Waals surface area contributed by atoms with Crippen LogP contribution in [-0.2, 0) is 15.7 Å². The summed E-state index contributed by atoms with van der Waals surface area (Å²) in [7, 11) is -0.308. The lowest BCUT2D eigenvalue weighted by atomic mass is 9.78. The van der Waals surface area contributed by atoms with Crippen molar-refractivity contribution in [3.63, 3.8) is 0 Å². The van der Waals surface area contributed by atoms with Gasteiger partial charge in [-0.2, -0.15) is 0 Å².